The molecule has 2 fully saturated rings. The topological polar surface area (TPSA) is 127 Å². The van der Waals surface area contributed by atoms with Crippen molar-refractivity contribution in [3.63, 3.8) is 0 Å². The van der Waals surface area contributed by atoms with E-state index in [9.17, 15) is 0 Å². The summed E-state index contributed by atoms with van der Waals surface area (Å²) in [5.74, 6) is 12.6. The number of thioether (sulfide) groups is 1. The quantitative estimate of drug-likeness (QED) is 0.125. The smallest absolute Gasteiger partial charge is 0.168 e. The van der Waals surface area contributed by atoms with Gasteiger partial charge in [-0.2, -0.15) is 5.10 Å². The number of hydrazone groups is 1. The predicted octanol–water partition coefficient (Wildman–Crippen LogP) is 2.71. The number of nitrogens with zero attached hydrogens (tertiary/aromatic N) is 1. The van der Waals surface area contributed by atoms with Gasteiger partial charge in [0.2, 0.25) is 0 Å². The molecule has 2 aliphatic heterocycles. The second-order valence-corrected chi connectivity index (χ2v) is 10.3. The Hall–Kier alpha value is -1.75. The molecule has 2 aromatic carbocycles. The third-order valence-corrected chi connectivity index (χ3v) is 8.54. The van der Waals surface area contributed by atoms with Crippen molar-refractivity contribution in [2.75, 3.05) is 26.2 Å². The zero-order valence-corrected chi connectivity index (χ0v) is 19.9. The minimum Gasteiger partial charge on any atom is -0.321 e. The van der Waals surface area contributed by atoms with Crippen molar-refractivity contribution in [1.82, 2.24) is 16.1 Å². The molecule has 0 saturated carbocycles. The van der Waals surface area contributed by atoms with Gasteiger partial charge in [0.25, 0.3) is 0 Å². The first kappa shape index (κ1) is 23.4. The minimum absolute atomic E-state index is 0.433. The summed E-state index contributed by atoms with van der Waals surface area (Å²) in [6.45, 7) is 4.28. The molecule has 2 heterocycles. The van der Waals surface area contributed by atoms with E-state index in [-0.39, 0.29) is 0 Å². The lowest BCUT2D eigenvalue weighted by Gasteiger charge is -2.25. The molecule has 0 radical (unpaired) electrons. The van der Waals surface area contributed by atoms with Crippen molar-refractivity contribution in [3.8, 4) is 11.1 Å². The minimum atomic E-state index is 0.433. The summed E-state index contributed by atoms with van der Waals surface area (Å²) in [5.41, 5.74) is 7.05. The number of hydrogen-bond acceptors (Lipinski definition) is 8. The van der Waals surface area contributed by atoms with Gasteiger partial charge in [-0.15, -0.1) is 11.8 Å². The summed E-state index contributed by atoms with van der Waals surface area (Å²) < 4.78 is 0. The third kappa shape index (κ3) is 5.24. The number of piperidine rings is 2. The van der Waals surface area contributed by atoms with Crippen LogP contribution in [0, 0.1) is 0 Å². The predicted molar refractivity (Wildman–Crippen MR) is 137 cm³/mol. The third-order valence-electron chi connectivity index (χ3n) is 6.35. The second kappa shape index (κ2) is 11.4. The van der Waals surface area contributed by atoms with Crippen LogP contribution in [-0.4, -0.2) is 37.3 Å². The highest BCUT2D eigenvalue weighted by Gasteiger charge is 2.23. The SMILES string of the molecule is N/N=C(\NN)c1c(-c2ccc(C3CCNCC3)cc2)ccc(SC2CCNCC2)c1SN. The fourth-order valence-corrected chi connectivity index (χ4v) is 6.59. The summed E-state index contributed by atoms with van der Waals surface area (Å²) in [6.07, 6.45) is 4.65. The molecule has 0 bridgehead atoms. The molecular weight excluding hydrogens is 438 g/mol. The molecule has 2 saturated heterocycles. The highest BCUT2D eigenvalue weighted by Crippen LogP contribution is 2.41. The molecule has 9 N–H and O–H groups in total. The molecule has 9 heteroatoms. The van der Waals surface area contributed by atoms with Gasteiger partial charge in [-0.05, 0) is 92.5 Å². The number of nitrogens with two attached hydrogens (primary N) is 3. The number of hydrogen-bond donors (Lipinski definition) is 6. The molecule has 0 aromatic heterocycles. The fraction of sp³-hybridized carbons (Fsp3) is 0.435. The maximum atomic E-state index is 6.19. The van der Waals surface area contributed by atoms with E-state index in [0.717, 1.165) is 65.5 Å². The van der Waals surface area contributed by atoms with Crippen molar-refractivity contribution in [1.29, 1.82) is 0 Å². The van der Waals surface area contributed by atoms with E-state index >= 15 is 0 Å². The summed E-state index contributed by atoms with van der Waals surface area (Å²) in [7, 11) is 0. The molecule has 172 valence electrons. The van der Waals surface area contributed by atoms with Crippen molar-refractivity contribution in [2.24, 2.45) is 21.9 Å². The molecule has 0 atom stereocenters. The van der Waals surface area contributed by atoms with E-state index in [2.05, 4.69) is 57.6 Å². The molecule has 0 amide bonds. The molecule has 0 unspecified atom stereocenters. The Balaban J connectivity index is 1.70. The highest BCUT2D eigenvalue weighted by molar-refractivity contribution is 8.01. The Morgan fingerprint density at radius 1 is 0.938 bits per heavy atom. The molecule has 7 nitrogen and oxygen atoms in total. The highest BCUT2D eigenvalue weighted by atomic mass is 32.2. The van der Waals surface area contributed by atoms with Crippen LogP contribution in [0.4, 0.5) is 0 Å². The van der Waals surface area contributed by atoms with Gasteiger partial charge in [-0.25, -0.2) is 5.84 Å². The van der Waals surface area contributed by atoms with E-state index in [1.807, 2.05) is 11.8 Å². The van der Waals surface area contributed by atoms with Crippen molar-refractivity contribution >= 4 is 29.5 Å². The van der Waals surface area contributed by atoms with Gasteiger partial charge in [0.05, 0.1) is 0 Å². The van der Waals surface area contributed by atoms with Crippen LogP contribution in [0.2, 0.25) is 0 Å². The van der Waals surface area contributed by atoms with Gasteiger partial charge in [0.1, 0.15) is 0 Å². The van der Waals surface area contributed by atoms with Crippen molar-refractivity contribution in [3.05, 3.63) is 47.5 Å². The standard InChI is InChI=1S/C23H33N7S2/c24-29-23(30-25)21-19(17-3-1-15(2-4-17)16-7-11-27-12-8-16)5-6-20(22(21)32-26)31-18-9-13-28-14-10-18/h1-6,16,18,27-28H,7-14,24-26H2,(H,29,30). The first-order chi connectivity index (χ1) is 15.7. The normalized spacial score (nSPS) is 18.6. The van der Waals surface area contributed by atoms with E-state index in [0.29, 0.717) is 17.0 Å². The maximum Gasteiger partial charge on any atom is 0.168 e. The Labute approximate surface area is 198 Å². The van der Waals surface area contributed by atoms with Crippen LogP contribution in [0.25, 0.3) is 11.1 Å². The zero-order valence-electron chi connectivity index (χ0n) is 18.3. The van der Waals surface area contributed by atoms with E-state index in [1.165, 1.54) is 30.4 Å². The summed E-state index contributed by atoms with van der Waals surface area (Å²) >= 11 is 3.11. The summed E-state index contributed by atoms with van der Waals surface area (Å²) in [4.78, 5) is 2.10. The van der Waals surface area contributed by atoms with Crippen LogP contribution in [0.5, 0.6) is 0 Å². The average Bonchev–Trinajstić information content (AvgIpc) is 2.86. The van der Waals surface area contributed by atoms with Crippen LogP contribution >= 0.6 is 23.7 Å². The number of amidine groups is 1. The molecule has 2 aliphatic rings. The monoisotopic (exact) mass is 471 g/mol. The van der Waals surface area contributed by atoms with Crippen LogP contribution in [0.15, 0.2) is 51.3 Å². The largest absolute Gasteiger partial charge is 0.321 e. The van der Waals surface area contributed by atoms with Crippen LogP contribution in [0.3, 0.4) is 0 Å². The van der Waals surface area contributed by atoms with Gasteiger partial charge >= 0.3 is 0 Å². The maximum absolute atomic E-state index is 6.19. The Bertz CT molecular complexity index is 921. The Kier molecular flexibility index (Phi) is 8.34. The van der Waals surface area contributed by atoms with Crippen LogP contribution < -0.4 is 32.9 Å². The van der Waals surface area contributed by atoms with E-state index < -0.39 is 0 Å². The molecule has 2 aromatic rings. The summed E-state index contributed by atoms with van der Waals surface area (Å²) in [6, 6.07) is 13.2. The van der Waals surface area contributed by atoms with Gasteiger partial charge in [0.15, 0.2) is 5.84 Å². The summed E-state index contributed by atoms with van der Waals surface area (Å²) in [5, 5.41) is 17.6. The number of hydrazine groups is 1. The lowest BCUT2D eigenvalue weighted by Crippen LogP contribution is -2.33. The lowest BCUT2D eigenvalue weighted by atomic mass is 9.88. The number of rotatable bonds is 6. The molecule has 0 spiro atoms. The Morgan fingerprint density at radius 2 is 1.59 bits per heavy atom. The van der Waals surface area contributed by atoms with Crippen LogP contribution in [-0.2, 0) is 0 Å². The Morgan fingerprint density at radius 3 is 2.19 bits per heavy atom. The van der Waals surface area contributed by atoms with Gasteiger partial charge in [-0.1, -0.05) is 30.3 Å². The number of nitrogens with one attached hydrogen (secondary N) is 3. The molecular formula is C23H33N7S2. The lowest BCUT2D eigenvalue weighted by molar-refractivity contribution is 0.460. The first-order valence-electron chi connectivity index (χ1n) is 11.2. The van der Waals surface area contributed by atoms with Gasteiger partial charge < -0.3 is 21.9 Å². The molecule has 32 heavy (non-hydrogen) atoms. The first-order valence-corrected chi connectivity index (χ1v) is 13.0. The van der Waals surface area contributed by atoms with E-state index in [4.69, 9.17) is 16.8 Å². The number of benzene rings is 2. The van der Waals surface area contributed by atoms with Crippen molar-refractivity contribution in [2.45, 2.75) is 46.6 Å². The zero-order chi connectivity index (χ0) is 22.3. The molecule has 0 aliphatic carbocycles. The van der Waals surface area contributed by atoms with E-state index in [1.54, 1.807) is 0 Å². The van der Waals surface area contributed by atoms with Crippen LogP contribution in [0.1, 0.15) is 42.7 Å². The van der Waals surface area contributed by atoms with Gasteiger partial charge in [-0.3, -0.25) is 5.14 Å². The van der Waals surface area contributed by atoms with Gasteiger partial charge in [0, 0.05) is 20.6 Å². The van der Waals surface area contributed by atoms with Crippen molar-refractivity contribution < 1.29 is 0 Å². The second-order valence-electron chi connectivity index (χ2n) is 8.27. The average molecular weight is 472 g/mol. The molecule has 4 rings (SSSR count). The fourth-order valence-electron chi connectivity index (χ4n) is 4.61.